The van der Waals surface area contributed by atoms with Crippen molar-refractivity contribution in [1.82, 2.24) is 31.2 Å². The predicted octanol–water partition coefficient (Wildman–Crippen LogP) is 5.60. The molecule has 0 aliphatic carbocycles. The van der Waals surface area contributed by atoms with E-state index in [-0.39, 0.29) is 98.0 Å². The van der Waals surface area contributed by atoms with Crippen LogP contribution in [0, 0.1) is 11.3 Å². The van der Waals surface area contributed by atoms with E-state index in [1.165, 1.54) is 11.3 Å². The van der Waals surface area contributed by atoms with Crippen LogP contribution in [-0.4, -0.2) is 84.5 Å². The second-order valence-corrected chi connectivity index (χ2v) is 15.4. The second kappa shape index (κ2) is 22.2. The molecule has 1 aliphatic rings. The molecule has 4 N–H and O–H groups in total. The van der Waals surface area contributed by atoms with Gasteiger partial charge in [-0.15, -0.1) is 48.6 Å². The number of amides is 3. The quantitative estimate of drug-likeness (QED) is 0.146. The highest BCUT2D eigenvalue weighted by molar-refractivity contribution is 7.14. The molecule has 4 rings (SSSR count). The number of nitrogens with zero attached hydrogens (tertiary/aromatic N) is 2. The molecule has 3 aromatic rings. The molecule has 0 spiro atoms. The van der Waals surface area contributed by atoms with Gasteiger partial charge >= 0.3 is 0 Å². The first kappa shape index (κ1) is 48.6. The van der Waals surface area contributed by atoms with Crippen LogP contribution in [0.5, 0.6) is 0 Å². The first-order valence-electron chi connectivity index (χ1n) is 17.6. The number of likely N-dealkylation sites (N-methyl/N-ethyl adjacent to an activating group) is 2. The molecule has 2 heterocycles. The maximum Gasteiger partial charge on any atom is 0.263 e. The number of hydrogen-bond acceptors (Lipinski definition) is 9. The molecular formula is C39H55Cl3N6O5S. The van der Waals surface area contributed by atoms with Gasteiger partial charge in [-0.1, -0.05) is 81.4 Å². The van der Waals surface area contributed by atoms with Crippen molar-refractivity contribution < 1.29 is 24.0 Å². The lowest BCUT2D eigenvalue weighted by atomic mass is 9.76. The van der Waals surface area contributed by atoms with Gasteiger partial charge in [0.15, 0.2) is 5.78 Å². The zero-order valence-corrected chi connectivity index (χ0v) is 35.2. The van der Waals surface area contributed by atoms with Crippen LogP contribution in [0.2, 0.25) is 0 Å². The molecule has 1 saturated heterocycles. The minimum Gasteiger partial charge on any atom is -0.349 e. The number of carbonyl (C=O) groups excluding carboxylic acids is 5. The number of carbonyl (C=O) groups is 5. The molecule has 3 amide bonds. The fraction of sp³-hybridized carbons (Fsp3) is 0.487. The molecule has 298 valence electrons. The molecule has 0 radical (unpaired) electrons. The highest BCUT2D eigenvalue weighted by Gasteiger charge is 2.42. The number of benzene rings is 2. The molecule has 11 nitrogen and oxygen atoms in total. The van der Waals surface area contributed by atoms with Gasteiger partial charge in [0.25, 0.3) is 5.91 Å². The number of nitrogens with one attached hydrogen (secondary N) is 4. The number of ketones is 2. The first-order valence-corrected chi connectivity index (χ1v) is 18.5. The van der Waals surface area contributed by atoms with Gasteiger partial charge in [0, 0.05) is 31.0 Å². The van der Waals surface area contributed by atoms with Crippen LogP contribution in [0.25, 0.3) is 11.3 Å². The molecule has 1 aliphatic heterocycles. The number of halogens is 3. The summed E-state index contributed by atoms with van der Waals surface area (Å²) in [6.45, 7) is 9.91. The monoisotopic (exact) mass is 824 g/mol. The Morgan fingerprint density at radius 3 is 2.02 bits per heavy atom. The number of likely N-dealkylation sites (tertiary alicyclic amines) is 1. The fourth-order valence-corrected chi connectivity index (χ4v) is 7.15. The van der Waals surface area contributed by atoms with Crippen LogP contribution in [-0.2, 0) is 25.6 Å². The Morgan fingerprint density at radius 1 is 0.870 bits per heavy atom. The second-order valence-electron chi connectivity index (χ2n) is 14.3. The van der Waals surface area contributed by atoms with Gasteiger partial charge in [0.2, 0.25) is 11.8 Å². The van der Waals surface area contributed by atoms with Crippen molar-refractivity contribution in [2.75, 3.05) is 27.2 Å². The molecule has 0 saturated carbocycles. The average molecular weight is 826 g/mol. The third-order valence-corrected chi connectivity index (χ3v) is 10.7. The lowest BCUT2D eigenvalue weighted by Gasteiger charge is -2.35. The summed E-state index contributed by atoms with van der Waals surface area (Å²) in [5, 5.41) is 12.6. The summed E-state index contributed by atoms with van der Waals surface area (Å²) in [6, 6.07) is 16.7. The molecule has 2 aromatic carbocycles. The van der Waals surface area contributed by atoms with Gasteiger partial charge in [0.05, 0.1) is 30.2 Å². The zero-order valence-electron chi connectivity index (χ0n) is 32.0. The number of Topliss-reactive ketones (excluding diaryl/α,β-unsaturated/α-hetero) is 2. The summed E-state index contributed by atoms with van der Waals surface area (Å²) in [7, 11) is 3.44. The Bertz CT molecular complexity index is 1690. The largest absolute Gasteiger partial charge is 0.349 e. The molecule has 5 atom stereocenters. The molecule has 54 heavy (non-hydrogen) atoms. The van der Waals surface area contributed by atoms with Crippen molar-refractivity contribution in [2.24, 2.45) is 11.3 Å². The third-order valence-electron chi connectivity index (χ3n) is 9.65. The van der Waals surface area contributed by atoms with Gasteiger partial charge in [0.1, 0.15) is 21.7 Å². The van der Waals surface area contributed by atoms with Gasteiger partial charge in [-0.2, -0.15) is 0 Å². The van der Waals surface area contributed by atoms with Crippen LogP contribution >= 0.6 is 48.6 Å². The maximum absolute atomic E-state index is 14.0. The number of hydrogen-bond donors (Lipinski definition) is 4. The topological polar surface area (TPSA) is 150 Å². The highest BCUT2D eigenvalue weighted by atomic mass is 35.5. The van der Waals surface area contributed by atoms with Crippen molar-refractivity contribution in [3.8, 4) is 11.3 Å². The lowest BCUT2D eigenvalue weighted by Crippen LogP contribution is -2.51. The summed E-state index contributed by atoms with van der Waals surface area (Å²) in [5.74, 6) is -1.54. The van der Waals surface area contributed by atoms with Crippen LogP contribution in [0.4, 0.5) is 0 Å². The van der Waals surface area contributed by atoms with Crippen LogP contribution in [0.15, 0.2) is 60.7 Å². The van der Waals surface area contributed by atoms with E-state index in [0.717, 1.165) is 11.1 Å². The van der Waals surface area contributed by atoms with E-state index < -0.39 is 23.4 Å². The van der Waals surface area contributed by atoms with Crippen molar-refractivity contribution in [3.05, 3.63) is 76.1 Å². The Balaban J connectivity index is 0.00000486. The van der Waals surface area contributed by atoms with Crippen LogP contribution in [0.3, 0.4) is 0 Å². The van der Waals surface area contributed by atoms with E-state index in [1.807, 2.05) is 81.4 Å². The van der Waals surface area contributed by atoms with Crippen molar-refractivity contribution in [2.45, 2.75) is 84.5 Å². The van der Waals surface area contributed by atoms with E-state index in [1.54, 1.807) is 32.8 Å². The maximum atomic E-state index is 14.0. The van der Waals surface area contributed by atoms with Gasteiger partial charge in [-0.25, -0.2) is 4.98 Å². The van der Waals surface area contributed by atoms with Crippen molar-refractivity contribution in [3.63, 3.8) is 0 Å². The Hall–Kier alpha value is -3.39. The summed E-state index contributed by atoms with van der Waals surface area (Å²) in [4.78, 5) is 74.2. The van der Waals surface area contributed by atoms with Gasteiger partial charge in [-0.3, -0.25) is 24.0 Å². The first-order chi connectivity index (χ1) is 24.2. The van der Waals surface area contributed by atoms with E-state index in [9.17, 15) is 24.0 Å². The van der Waals surface area contributed by atoms with Crippen molar-refractivity contribution in [1.29, 1.82) is 0 Å². The Kier molecular flexibility index (Phi) is 20.0. The minimum absolute atomic E-state index is 0. The molecule has 15 heteroatoms. The van der Waals surface area contributed by atoms with Gasteiger partial charge in [-0.05, 0) is 51.8 Å². The Morgan fingerprint density at radius 2 is 1.44 bits per heavy atom. The van der Waals surface area contributed by atoms with E-state index in [0.29, 0.717) is 35.0 Å². The number of aromatic nitrogens is 1. The minimum atomic E-state index is -0.702. The third kappa shape index (κ3) is 12.6. The predicted molar refractivity (Wildman–Crippen MR) is 222 cm³/mol. The van der Waals surface area contributed by atoms with E-state index in [2.05, 4.69) is 21.3 Å². The zero-order chi connectivity index (χ0) is 37.3. The fourth-order valence-electron chi connectivity index (χ4n) is 6.14. The van der Waals surface area contributed by atoms with Gasteiger partial charge < -0.3 is 26.2 Å². The molecular weight excluding hydrogens is 771 g/mol. The average Bonchev–Trinajstić information content (AvgIpc) is 3.79. The lowest BCUT2D eigenvalue weighted by molar-refractivity contribution is -0.146. The summed E-state index contributed by atoms with van der Waals surface area (Å²) in [6.07, 6.45) is 1.34. The number of rotatable bonds is 16. The number of thiazole rings is 1. The van der Waals surface area contributed by atoms with E-state index in [4.69, 9.17) is 4.98 Å². The molecule has 1 aromatic heterocycles. The molecule has 1 fully saturated rings. The molecule has 0 bridgehead atoms. The smallest absolute Gasteiger partial charge is 0.263 e. The summed E-state index contributed by atoms with van der Waals surface area (Å²) < 4.78 is 0. The Labute approximate surface area is 341 Å². The van der Waals surface area contributed by atoms with Crippen LogP contribution in [0.1, 0.15) is 80.2 Å². The van der Waals surface area contributed by atoms with Crippen molar-refractivity contribution >= 4 is 77.8 Å². The van der Waals surface area contributed by atoms with Crippen LogP contribution < -0.4 is 21.3 Å². The molecule has 1 unspecified atom stereocenters. The summed E-state index contributed by atoms with van der Waals surface area (Å²) in [5.41, 5.74) is 1.55. The SMILES string of the molecule is CNC(C)C(=O)Cc1nc(-c2ccccc2)c(C(=O)NC[C@@H](NC(=O)[C@@H]2CCCN2C(=O)[C@@H](CC(=O)[C@H](C)NC)C(C)(C)C)c2ccccc2)s1.Cl.Cl.Cl. The van der Waals surface area contributed by atoms with E-state index >= 15 is 0 Å². The standard InChI is InChI=1S/C39H52N6O5S.3ClH/c1-24(40-6)31(46)21-28(39(3,4)5)38(50)45-20-14-19-30(45)36(48)43-29(26-15-10-8-11-16-26)23-42-37(49)35-34(27-17-12-9-13-18-27)44-33(51-35)22-32(47)25(2)41-7;;;/h8-13,15-18,24-25,28-30,40-41H,14,19-23H2,1-7H3,(H,42,49)(H,43,48);3*1H/t24-,25?,28+,29+,30-;;;/m0.../s1. The highest BCUT2D eigenvalue weighted by Crippen LogP contribution is 2.34. The normalized spacial score (nSPS) is 16.0. The summed E-state index contributed by atoms with van der Waals surface area (Å²) >= 11 is 1.18.